The van der Waals surface area contributed by atoms with Crippen molar-refractivity contribution in [1.82, 2.24) is 9.80 Å². The van der Waals surface area contributed by atoms with Crippen molar-refractivity contribution in [3.63, 3.8) is 0 Å². The van der Waals surface area contributed by atoms with Crippen molar-refractivity contribution in [3.05, 3.63) is 35.9 Å². The largest absolute Gasteiger partial charge is 0.331 e. The minimum absolute atomic E-state index is 0.111. The first-order chi connectivity index (χ1) is 10.2. The normalized spacial score (nSPS) is 24.0. The van der Waals surface area contributed by atoms with E-state index in [-0.39, 0.29) is 30.3 Å². The van der Waals surface area contributed by atoms with Crippen molar-refractivity contribution in [1.29, 1.82) is 0 Å². The maximum absolute atomic E-state index is 12.6. The molecule has 0 aromatic heterocycles. The van der Waals surface area contributed by atoms with Gasteiger partial charge in [-0.2, -0.15) is 0 Å². The van der Waals surface area contributed by atoms with Gasteiger partial charge < -0.3 is 9.80 Å². The summed E-state index contributed by atoms with van der Waals surface area (Å²) >= 11 is 0. The Morgan fingerprint density at radius 1 is 1.19 bits per heavy atom. The highest BCUT2D eigenvalue weighted by Gasteiger charge is 2.40. The number of hydrogen-bond acceptors (Lipinski definition) is 2. The molecule has 0 N–H and O–H groups in total. The van der Waals surface area contributed by atoms with Gasteiger partial charge in [0.2, 0.25) is 11.8 Å². The van der Waals surface area contributed by atoms with Crippen LogP contribution in [0.2, 0.25) is 0 Å². The fraction of sp³-hybridized carbons (Fsp3) is 0.529. The standard InChI is InChI=1S/C17H22N2O2/c1-13(14-7-3-2-4-8-14)11-18-12-16(20)19-10-6-5-9-15(19)17(18)21/h2-4,7-8,13,15H,5-6,9-12H2,1H3. The van der Waals surface area contributed by atoms with Gasteiger partial charge in [-0.1, -0.05) is 37.3 Å². The molecule has 3 rings (SSSR count). The Kier molecular flexibility index (Phi) is 3.95. The molecule has 1 aromatic carbocycles. The lowest BCUT2D eigenvalue weighted by atomic mass is 9.96. The molecule has 1 aromatic rings. The van der Waals surface area contributed by atoms with E-state index in [1.165, 1.54) is 5.56 Å². The fourth-order valence-corrected chi connectivity index (χ4v) is 3.40. The lowest BCUT2D eigenvalue weighted by Crippen LogP contribution is -2.61. The number of piperidine rings is 1. The maximum atomic E-state index is 12.6. The summed E-state index contributed by atoms with van der Waals surface area (Å²) in [5, 5.41) is 0. The zero-order valence-corrected chi connectivity index (χ0v) is 12.5. The van der Waals surface area contributed by atoms with Crippen LogP contribution in [0.25, 0.3) is 0 Å². The van der Waals surface area contributed by atoms with Crippen LogP contribution in [0.4, 0.5) is 0 Å². The number of rotatable bonds is 3. The molecule has 2 atom stereocenters. The molecule has 21 heavy (non-hydrogen) atoms. The van der Waals surface area contributed by atoms with Gasteiger partial charge >= 0.3 is 0 Å². The van der Waals surface area contributed by atoms with Crippen molar-refractivity contribution in [3.8, 4) is 0 Å². The molecule has 0 radical (unpaired) electrons. The Bertz CT molecular complexity index is 529. The highest BCUT2D eigenvalue weighted by atomic mass is 16.2. The summed E-state index contributed by atoms with van der Waals surface area (Å²) in [6.07, 6.45) is 2.89. The monoisotopic (exact) mass is 286 g/mol. The van der Waals surface area contributed by atoms with Crippen LogP contribution >= 0.6 is 0 Å². The van der Waals surface area contributed by atoms with E-state index in [0.29, 0.717) is 6.54 Å². The van der Waals surface area contributed by atoms with Gasteiger partial charge in [-0.3, -0.25) is 9.59 Å². The second kappa shape index (κ2) is 5.88. The van der Waals surface area contributed by atoms with Gasteiger partial charge in [-0.05, 0) is 30.7 Å². The molecular formula is C17H22N2O2. The summed E-state index contributed by atoms with van der Waals surface area (Å²) in [5.41, 5.74) is 1.21. The van der Waals surface area contributed by atoms with E-state index >= 15 is 0 Å². The van der Waals surface area contributed by atoms with Crippen LogP contribution in [0.15, 0.2) is 30.3 Å². The van der Waals surface area contributed by atoms with E-state index in [1.54, 1.807) is 9.80 Å². The Labute approximate surface area is 125 Å². The second-order valence-corrected chi connectivity index (χ2v) is 6.13. The van der Waals surface area contributed by atoms with Gasteiger partial charge in [0.1, 0.15) is 6.04 Å². The van der Waals surface area contributed by atoms with Crippen molar-refractivity contribution in [2.24, 2.45) is 0 Å². The minimum Gasteiger partial charge on any atom is -0.331 e. The van der Waals surface area contributed by atoms with E-state index < -0.39 is 0 Å². The summed E-state index contributed by atoms with van der Waals surface area (Å²) in [6.45, 7) is 3.73. The first kappa shape index (κ1) is 14.1. The van der Waals surface area contributed by atoms with Gasteiger partial charge in [-0.25, -0.2) is 0 Å². The predicted molar refractivity (Wildman–Crippen MR) is 80.8 cm³/mol. The Morgan fingerprint density at radius 2 is 1.95 bits per heavy atom. The molecule has 4 heteroatoms. The zero-order valence-electron chi connectivity index (χ0n) is 12.5. The van der Waals surface area contributed by atoms with E-state index in [1.807, 2.05) is 18.2 Å². The highest BCUT2D eigenvalue weighted by Crippen LogP contribution is 2.25. The van der Waals surface area contributed by atoms with Crippen LogP contribution in [0, 0.1) is 0 Å². The number of amides is 2. The number of piperazine rings is 1. The molecule has 2 aliphatic heterocycles. The van der Waals surface area contributed by atoms with Gasteiger partial charge in [0, 0.05) is 13.1 Å². The Hall–Kier alpha value is -1.84. The molecule has 2 heterocycles. The molecule has 0 bridgehead atoms. The van der Waals surface area contributed by atoms with Gasteiger partial charge in [0.05, 0.1) is 6.54 Å². The highest BCUT2D eigenvalue weighted by molar-refractivity contribution is 5.95. The second-order valence-electron chi connectivity index (χ2n) is 6.13. The smallest absolute Gasteiger partial charge is 0.245 e. The lowest BCUT2D eigenvalue weighted by Gasteiger charge is -2.43. The number of carbonyl (C=O) groups excluding carboxylic acids is 2. The Morgan fingerprint density at radius 3 is 2.71 bits per heavy atom. The number of hydrogen-bond donors (Lipinski definition) is 0. The lowest BCUT2D eigenvalue weighted by molar-refractivity contribution is -0.157. The average Bonchev–Trinajstić information content (AvgIpc) is 2.53. The van der Waals surface area contributed by atoms with Gasteiger partial charge in [0.15, 0.2) is 0 Å². The van der Waals surface area contributed by atoms with Gasteiger partial charge in [-0.15, -0.1) is 0 Å². The minimum atomic E-state index is -0.206. The van der Waals surface area contributed by atoms with Crippen LogP contribution in [0.3, 0.4) is 0 Å². The zero-order chi connectivity index (χ0) is 14.8. The molecule has 4 nitrogen and oxygen atoms in total. The third-order valence-corrected chi connectivity index (χ3v) is 4.61. The third-order valence-electron chi connectivity index (χ3n) is 4.61. The van der Waals surface area contributed by atoms with Crippen LogP contribution in [-0.4, -0.2) is 47.3 Å². The van der Waals surface area contributed by atoms with Crippen LogP contribution < -0.4 is 0 Å². The Balaban J connectivity index is 1.71. The fourth-order valence-electron chi connectivity index (χ4n) is 3.40. The molecule has 0 spiro atoms. The summed E-state index contributed by atoms with van der Waals surface area (Å²) in [6, 6.07) is 9.96. The van der Waals surface area contributed by atoms with E-state index in [0.717, 1.165) is 25.8 Å². The average molecular weight is 286 g/mol. The molecule has 0 aliphatic carbocycles. The molecule has 0 saturated carbocycles. The van der Waals surface area contributed by atoms with Crippen molar-refractivity contribution < 1.29 is 9.59 Å². The SMILES string of the molecule is CC(CN1CC(=O)N2CCCCC2C1=O)c1ccccc1. The third kappa shape index (κ3) is 2.80. The summed E-state index contributed by atoms with van der Waals surface area (Å²) in [7, 11) is 0. The van der Waals surface area contributed by atoms with E-state index in [9.17, 15) is 9.59 Å². The van der Waals surface area contributed by atoms with Crippen LogP contribution in [0.1, 0.15) is 37.7 Å². The molecule has 2 aliphatic rings. The molecule has 112 valence electrons. The number of carbonyl (C=O) groups is 2. The molecule has 2 amide bonds. The topological polar surface area (TPSA) is 40.6 Å². The van der Waals surface area contributed by atoms with E-state index in [2.05, 4.69) is 19.1 Å². The van der Waals surface area contributed by atoms with Crippen LogP contribution in [-0.2, 0) is 9.59 Å². The predicted octanol–water partition coefficient (Wildman–Crippen LogP) is 2.01. The summed E-state index contributed by atoms with van der Waals surface area (Å²) in [4.78, 5) is 28.4. The molecule has 2 unspecified atom stereocenters. The van der Waals surface area contributed by atoms with Crippen molar-refractivity contribution in [2.75, 3.05) is 19.6 Å². The number of benzene rings is 1. The molecular weight excluding hydrogens is 264 g/mol. The molecule has 2 fully saturated rings. The molecule has 2 saturated heterocycles. The summed E-state index contributed by atoms with van der Waals surface area (Å²) < 4.78 is 0. The maximum Gasteiger partial charge on any atom is 0.245 e. The first-order valence-corrected chi connectivity index (χ1v) is 7.80. The van der Waals surface area contributed by atoms with E-state index in [4.69, 9.17) is 0 Å². The van der Waals surface area contributed by atoms with Crippen molar-refractivity contribution >= 4 is 11.8 Å². The van der Waals surface area contributed by atoms with Crippen molar-refractivity contribution in [2.45, 2.75) is 38.1 Å². The number of fused-ring (bicyclic) bond motifs is 1. The first-order valence-electron chi connectivity index (χ1n) is 7.80. The number of nitrogens with zero attached hydrogens (tertiary/aromatic N) is 2. The quantitative estimate of drug-likeness (QED) is 0.853. The summed E-state index contributed by atoms with van der Waals surface area (Å²) in [5.74, 6) is 0.495. The van der Waals surface area contributed by atoms with Gasteiger partial charge in [0.25, 0.3) is 0 Å². The van der Waals surface area contributed by atoms with Crippen LogP contribution in [0.5, 0.6) is 0 Å².